The van der Waals surface area contributed by atoms with Crippen molar-refractivity contribution >= 4 is 12.0 Å². The number of carboxylic acid groups (broad SMARTS) is 1. The van der Waals surface area contributed by atoms with Crippen LogP contribution < -0.4 is 10.6 Å². The molecule has 0 aliphatic heterocycles. The fourth-order valence-corrected chi connectivity index (χ4v) is 1.42. The number of amides is 2. The van der Waals surface area contributed by atoms with Gasteiger partial charge in [-0.25, -0.2) is 9.59 Å². The molecule has 4 N–H and O–H groups in total. The molecule has 0 aromatic carbocycles. The fourth-order valence-electron chi connectivity index (χ4n) is 1.42. The van der Waals surface area contributed by atoms with E-state index in [1.807, 2.05) is 0 Å². The number of ether oxygens (including phenoxy) is 1. The molecule has 1 atom stereocenters. The molecule has 1 aliphatic carbocycles. The van der Waals surface area contributed by atoms with Crippen LogP contribution in [0.5, 0.6) is 0 Å². The molecule has 7 nitrogen and oxygen atoms in total. The van der Waals surface area contributed by atoms with E-state index in [1.54, 1.807) is 0 Å². The summed E-state index contributed by atoms with van der Waals surface area (Å²) in [6.07, 6.45) is 1.84. The highest BCUT2D eigenvalue weighted by atomic mass is 16.5. The van der Waals surface area contributed by atoms with Crippen LogP contribution >= 0.6 is 0 Å². The lowest BCUT2D eigenvalue weighted by atomic mass is 10.2. The molecule has 2 amide bonds. The molecule has 1 unspecified atom stereocenters. The Balaban J connectivity index is 1.85. The van der Waals surface area contributed by atoms with Gasteiger partial charge in [0, 0.05) is 32.7 Å². The molecule has 0 aromatic rings. The van der Waals surface area contributed by atoms with Gasteiger partial charge in [-0.05, 0) is 25.2 Å². The minimum Gasteiger partial charge on any atom is -0.479 e. The van der Waals surface area contributed by atoms with Crippen molar-refractivity contribution in [1.29, 1.82) is 0 Å². The predicted molar refractivity (Wildman–Crippen MR) is 67.8 cm³/mol. The van der Waals surface area contributed by atoms with Crippen LogP contribution in [0.4, 0.5) is 4.79 Å². The van der Waals surface area contributed by atoms with Crippen molar-refractivity contribution in [3.63, 3.8) is 0 Å². The number of hydrogen-bond donors (Lipinski definition) is 4. The van der Waals surface area contributed by atoms with E-state index in [1.165, 1.54) is 12.8 Å². The van der Waals surface area contributed by atoms with Gasteiger partial charge in [-0.15, -0.1) is 0 Å². The third kappa shape index (κ3) is 8.39. The Morgan fingerprint density at radius 2 is 1.95 bits per heavy atom. The maximum Gasteiger partial charge on any atom is 0.332 e. The third-order valence-electron chi connectivity index (χ3n) is 2.79. The van der Waals surface area contributed by atoms with Gasteiger partial charge in [0.2, 0.25) is 0 Å². The summed E-state index contributed by atoms with van der Waals surface area (Å²) in [7, 11) is 0. The van der Waals surface area contributed by atoms with Crippen molar-refractivity contribution in [2.45, 2.75) is 31.8 Å². The molecule has 110 valence electrons. The minimum atomic E-state index is -1.43. The standard InChI is InChI=1S/C12H22N2O5/c15-10(11(16)17)4-6-14-12(18)13-5-1-7-19-8-9-2-3-9/h9-10,15H,1-8H2,(H,16,17)(H2,13,14,18). The summed E-state index contributed by atoms with van der Waals surface area (Å²) >= 11 is 0. The van der Waals surface area contributed by atoms with Crippen LogP contribution in [-0.2, 0) is 9.53 Å². The minimum absolute atomic E-state index is 0.00669. The zero-order chi connectivity index (χ0) is 14.1. The zero-order valence-corrected chi connectivity index (χ0v) is 10.9. The first-order valence-electron chi connectivity index (χ1n) is 6.60. The van der Waals surface area contributed by atoms with E-state index in [-0.39, 0.29) is 19.0 Å². The number of aliphatic hydroxyl groups is 1. The van der Waals surface area contributed by atoms with Gasteiger partial charge in [0.1, 0.15) is 0 Å². The lowest BCUT2D eigenvalue weighted by Gasteiger charge is -2.09. The molecule has 0 radical (unpaired) electrons. The van der Waals surface area contributed by atoms with Crippen LogP contribution in [0.2, 0.25) is 0 Å². The van der Waals surface area contributed by atoms with E-state index in [0.717, 1.165) is 18.9 Å². The van der Waals surface area contributed by atoms with Gasteiger partial charge in [0.05, 0.1) is 0 Å². The Morgan fingerprint density at radius 3 is 2.58 bits per heavy atom. The van der Waals surface area contributed by atoms with Crippen molar-refractivity contribution < 1.29 is 24.5 Å². The van der Waals surface area contributed by atoms with Crippen molar-refractivity contribution in [2.75, 3.05) is 26.3 Å². The number of nitrogens with one attached hydrogen (secondary N) is 2. The average Bonchev–Trinajstić information content (AvgIpc) is 3.17. The maximum atomic E-state index is 11.3. The molecule has 19 heavy (non-hydrogen) atoms. The maximum absolute atomic E-state index is 11.3. The van der Waals surface area contributed by atoms with E-state index in [4.69, 9.17) is 14.9 Å². The Kier molecular flexibility index (Phi) is 7.20. The highest BCUT2D eigenvalue weighted by molar-refractivity contribution is 5.74. The second-order valence-electron chi connectivity index (χ2n) is 4.70. The SMILES string of the molecule is O=C(NCCCOCC1CC1)NCCC(O)C(=O)O. The molecule has 1 aliphatic rings. The van der Waals surface area contributed by atoms with Crippen molar-refractivity contribution in [3.8, 4) is 0 Å². The molecule has 1 fully saturated rings. The molecule has 1 rings (SSSR count). The van der Waals surface area contributed by atoms with Crippen molar-refractivity contribution in [3.05, 3.63) is 0 Å². The number of aliphatic hydroxyl groups excluding tert-OH is 1. The first kappa shape index (κ1) is 15.7. The van der Waals surface area contributed by atoms with Gasteiger partial charge >= 0.3 is 12.0 Å². The molecule has 1 saturated carbocycles. The third-order valence-corrected chi connectivity index (χ3v) is 2.79. The van der Waals surface area contributed by atoms with E-state index >= 15 is 0 Å². The number of rotatable bonds is 10. The highest BCUT2D eigenvalue weighted by Crippen LogP contribution is 2.28. The number of carbonyl (C=O) groups excluding carboxylic acids is 1. The largest absolute Gasteiger partial charge is 0.479 e. The number of carbonyl (C=O) groups is 2. The number of hydrogen-bond acceptors (Lipinski definition) is 4. The summed E-state index contributed by atoms with van der Waals surface area (Å²) in [5, 5.41) is 22.5. The molecule has 0 heterocycles. The van der Waals surface area contributed by atoms with Crippen LogP contribution in [0.15, 0.2) is 0 Å². The van der Waals surface area contributed by atoms with E-state index < -0.39 is 12.1 Å². The normalized spacial score (nSPS) is 15.8. The van der Waals surface area contributed by atoms with Gasteiger partial charge in [0.25, 0.3) is 0 Å². The number of aliphatic carboxylic acids is 1. The van der Waals surface area contributed by atoms with Gasteiger partial charge in [0.15, 0.2) is 6.10 Å². The number of carboxylic acids is 1. The summed E-state index contributed by atoms with van der Waals surface area (Å²) in [6.45, 7) is 2.09. The molecular formula is C12H22N2O5. The van der Waals surface area contributed by atoms with Gasteiger partial charge in [-0.2, -0.15) is 0 Å². The quantitative estimate of drug-likeness (QED) is 0.417. The number of urea groups is 1. The van der Waals surface area contributed by atoms with Gasteiger partial charge in [-0.1, -0.05) is 0 Å². The summed E-state index contributed by atoms with van der Waals surface area (Å²) in [5.74, 6) is -0.535. The molecular weight excluding hydrogens is 252 g/mol. The summed E-state index contributed by atoms with van der Waals surface area (Å²) in [6, 6.07) is -0.361. The molecule has 7 heteroatoms. The molecule has 0 spiro atoms. The van der Waals surface area contributed by atoms with Crippen LogP contribution in [0.3, 0.4) is 0 Å². The van der Waals surface area contributed by atoms with Crippen LogP contribution in [0.1, 0.15) is 25.7 Å². The highest BCUT2D eigenvalue weighted by Gasteiger charge is 2.20. The Morgan fingerprint density at radius 1 is 1.26 bits per heavy atom. The molecule has 0 bridgehead atoms. The Labute approximate surface area is 112 Å². The first-order chi connectivity index (χ1) is 9.09. The Bertz CT molecular complexity index is 294. The molecule has 0 saturated heterocycles. The second kappa shape index (κ2) is 8.71. The Hall–Kier alpha value is -1.34. The van der Waals surface area contributed by atoms with E-state index in [2.05, 4.69) is 10.6 Å². The second-order valence-corrected chi connectivity index (χ2v) is 4.70. The van der Waals surface area contributed by atoms with Crippen LogP contribution in [0.25, 0.3) is 0 Å². The lowest BCUT2D eigenvalue weighted by Crippen LogP contribution is -2.38. The zero-order valence-electron chi connectivity index (χ0n) is 10.9. The summed E-state index contributed by atoms with van der Waals surface area (Å²) in [4.78, 5) is 21.6. The summed E-state index contributed by atoms with van der Waals surface area (Å²) in [5.41, 5.74) is 0. The van der Waals surface area contributed by atoms with Crippen LogP contribution in [-0.4, -0.2) is 54.6 Å². The average molecular weight is 274 g/mol. The van der Waals surface area contributed by atoms with Crippen LogP contribution in [0, 0.1) is 5.92 Å². The fraction of sp³-hybridized carbons (Fsp3) is 0.833. The predicted octanol–water partition coefficient (Wildman–Crippen LogP) is -0.0621. The smallest absolute Gasteiger partial charge is 0.332 e. The topological polar surface area (TPSA) is 108 Å². The summed E-state index contributed by atoms with van der Waals surface area (Å²) < 4.78 is 5.41. The first-order valence-corrected chi connectivity index (χ1v) is 6.60. The lowest BCUT2D eigenvalue weighted by molar-refractivity contribution is -0.146. The van der Waals surface area contributed by atoms with Gasteiger partial charge < -0.3 is 25.6 Å². The molecule has 0 aromatic heterocycles. The van der Waals surface area contributed by atoms with E-state index in [9.17, 15) is 9.59 Å². The van der Waals surface area contributed by atoms with Crippen molar-refractivity contribution in [2.24, 2.45) is 5.92 Å². The van der Waals surface area contributed by atoms with Crippen molar-refractivity contribution in [1.82, 2.24) is 10.6 Å². The van der Waals surface area contributed by atoms with E-state index in [0.29, 0.717) is 13.2 Å². The van der Waals surface area contributed by atoms with Gasteiger partial charge in [-0.3, -0.25) is 0 Å². The monoisotopic (exact) mass is 274 g/mol.